The Balaban J connectivity index is 1.73. The van der Waals surface area contributed by atoms with Gasteiger partial charge in [-0.05, 0) is 29.8 Å². The van der Waals surface area contributed by atoms with Crippen LogP contribution in [0.25, 0.3) is 10.6 Å². The number of rotatable bonds is 4. The SMILES string of the molecule is Fc1cccc(CNc2cccc(-c3nccs3)c2)c1. The van der Waals surface area contributed by atoms with Gasteiger partial charge >= 0.3 is 0 Å². The summed E-state index contributed by atoms with van der Waals surface area (Å²) in [6.07, 6.45) is 1.80. The van der Waals surface area contributed by atoms with E-state index in [-0.39, 0.29) is 5.82 Å². The molecule has 2 nitrogen and oxygen atoms in total. The van der Waals surface area contributed by atoms with E-state index in [1.54, 1.807) is 23.6 Å². The number of hydrogen-bond acceptors (Lipinski definition) is 3. The van der Waals surface area contributed by atoms with Crippen LogP contribution in [0.2, 0.25) is 0 Å². The lowest BCUT2D eigenvalue weighted by molar-refractivity contribution is 0.626. The molecular weight excluding hydrogens is 271 g/mol. The maximum Gasteiger partial charge on any atom is 0.123 e. The molecule has 0 atom stereocenters. The summed E-state index contributed by atoms with van der Waals surface area (Å²) in [5.41, 5.74) is 3.01. The molecular formula is C16H13FN2S. The molecule has 20 heavy (non-hydrogen) atoms. The maximum absolute atomic E-state index is 13.1. The molecule has 1 aromatic heterocycles. The summed E-state index contributed by atoms with van der Waals surface area (Å²) in [6.45, 7) is 0.596. The van der Waals surface area contributed by atoms with Crippen LogP contribution in [0, 0.1) is 5.82 Å². The Bertz CT molecular complexity index is 695. The van der Waals surface area contributed by atoms with Gasteiger partial charge < -0.3 is 5.32 Å². The third kappa shape index (κ3) is 3.03. The molecule has 2 aromatic carbocycles. The third-order valence-corrected chi connectivity index (χ3v) is 3.75. The molecule has 1 N–H and O–H groups in total. The van der Waals surface area contributed by atoms with Gasteiger partial charge in [0.25, 0.3) is 0 Å². The second-order valence-corrected chi connectivity index (χ2v) is 5.30. The summed E-state index contributed by atoms with van der Waals surface area (Å²) in [7, 11) is 0. The summed E-state index contributed by atoms with van der Waals surface area (Å²) in [5, 5.41) is 6.26. The molecule has 1 heterocycles. The molecule has 0 fully saturated rings. The Labute approximate surface area is 120 Å². The van der Waals surface area contributed by atoms with E-state index in [9.17, 15) is 4.39 Å². The van der Waals surface area contributed by atoms with Crippen molar-refractivity contribution >= 4 is 17.0 Å². The van der Waals surface area contributed by atoms with Crippen molar-refractivity contribution < 1.29 is 4.39 Å². The van der Waals surface area contributed by atoms with E-state index in [0.29, 0.717) is 6.54 Å². The topological polar surface area (TPSA) is 24.9 Å². The minimum atomic E-state index is -0.208. The number of benzene rings is 2. The number of anilines is 1. The smallest absolute Gasteiger partial charge is 0.123 e. The quantitative estimate of drug-likeness (QED) is 0.759. The van der Waals surface area contributed by atoms with Crippen LogP contribution in [0.4, 0.5) is 10.1 Å². The standard InChI is InChI=1S/C16H13FN2S/c17-14-5-1-3-12(9-14)11-19-15-6-2-4-13(10-15)16-18-7-8-20-16/h1-10,19H,11H2. The summed E-state index contributed by atoms with van der Waals surface area (Å²) < 4.78 is 13.1. The Morgan fingerprint density at radius 3 is 2.80 bits per heavy atom. The van der Waals surface area contributed by atoms with Gasteiger partial charge in [0.15, 0.2) is 0 Å². The molecule has 100 valence electrons. The predicted octanol–water partition coefficient (Wildman–Crippen LogP) is 4.56. The van der Waals surface area contributed by atoms with Crippen molar-refractivity contribution in [3.63, 3.8) is 0 Å². The first-order valence-corrected chi connectivity index (χ1v) is 7.17. The lowest BCUT2D eigenvalue weighted by Crippen LogP contribution is -1.99. The molecule has 0 spiro atoms. The highest BCUT2D eigenvalue weighted by molar-refractivity contribution is 7.13. The summed E-state index contributed by atoms with van der Waals surface area (Å²) in [5.74, 6) is -0.208. The molecule has 0 aliphatic rings. The number of nitrogens with zero attached hydrogens (tertiary/aromatic N) is 1. The number of hydrogen-bond donors (Lipinski definition) is 1. The van der Waals surface area contributed by atoms with Crippen molar-refractivity contribution in [1.82, 2.24) is 4.98 Å². The van der Waals surface area contributed by atoms with Crippen molar-refractivity contribution in [2.24, 2.45) is 0 Å². The van der Waals surface area contributed by atoms with E-state index >= 15 is 0 Å². The zero-order valence-corrected chi connectivity index (χ0v) is 11.5. The first-order chi connectivity index (χ1) is 9.81. The Kier molecular flexibility index (Phi) is 3.74. The molecule has 3 rings (SSSR count). The Hall–Kier alpha value is -2.20. The number of halogens is 1. The van der Waals surface area contributed by atoms with Gasteiger partial charge in [-0.15, -0.1) is 11.3 Å². The largest absolute Gasteiger partial charge is 0.381 e. The number of thiazole rings is 1. The van der Waals surface area contributed by atoms with E-state index in [0.717, 1.165) is 21.8 Å². The van der Waals surface area contributed by atoms with Gasteiger partial charge in [0.1, 0.15) is 10.8 Å². The average molecular weight is 284 g/mol. The predicted molar refractivity (Wildman–Crippen MR) is 81.3 cm³/mol. The van der Waals surface area contributed by atoms with Crippen LogP contribution in [-0.4, -0.2) is 4.98 Å². The van der Waals surface area contributed by atoms with Crippen LogP contribution in [0.3, 0.4) is 0 Å². The van der Waals surface area contributed by atoms with Crippen molar-refractivity contribution in [1.29, 1.82) is 0 Å². The van der Waals surface area contributed by atoms with E-state index in [1.165, 1.54) is 12.1 Å². The first kappa shape index (κ1) is 12.8. The van der Waals surface area contributed by atoms with E-state index < -0.39 is 0 Å². The first-order valence-electron chi connectivity index (χ1n) is 6.29. The van der Waals surface area contributed by atoms with Crippen molar-refractivity contribution in [3.05, 3.63) is 71.5 Å². The molecule has 0 aliphatic carbocycles. The monoisotopic (exact) mass is 284 g/mol. The van der Waals surface area contributed by atoms with Gasteiger partial charge in [-0.25, -0.2) is 9.37 Å². The molecule has 0 amide bonds. The minimum Gasteiger partial charge on any atom is -0.381 e. The fourth-order valence-electron chi connectivity index (χ4n) is 1.98. The van der Waals surface area contributed by atoms with Crippen LogP contribution in [0.5, 0.6) is 0 Å². The van der Waals surface area contributed by atoms with Gasteiger partial charge in [0.05, 0.1) is 0 Å². The zero-order chi connectivity index (χ0) is 13.8. The van der Waals surface area contributed by atoms with Crippen molar-refractivity contribution in [2.75, 3.05) is 5.32 Å². The second-order valence-electron chi connectivity index (χ2n) is 4.40. The lowest BCUT2D eigenvalue weighted by Gasteiger charge is -2.08. The van der Waals surface area contributed by atoms with E-state index in [1.807, 2.05) is 29.6 Å². The summed E-state index contributed by atoms with van der Waals surface area (Å²) in [6, 6.07) is 14.7. The maximum atomic E-state index is 13.1. The fourth-order valence-corrected chi connectivity index (χ4v) is 2.61. The highest BCUT2D eigenvalue weighted by atomic mass is 32.1. The summed E-state index contributed by atoms with van der Waals surface area (Å²) in [4.78, 5) is 4.30. The van der Waals surface area contributed by atoms with Crippen LogP contribution in [0.1, 0.15) is 5.56 Å². The van der Waals surface area contributed by atoms with Crippen molar-refractivity contribution in [2.45, 2.75) is 6.54 Å². The van der Waals surface area contributed by atoms with Crippen LogP contribution >= 0.6 is 11.3 Å². The Morgan fingerprint density at radius 2 is 2.00 bits per heavy atom. The molecule has 4 heteroatoms. The Morgan fingerprint density at radius 1 is 1.10 bits per heavy atom. The second kappa shape index (κ2) is 5.84. The van der Waals surface area contributed by atoms with Crippen LogP contribution < -0.4 is 5.32 Å². The highest BCUT2D eigenvalue weighted by Gasteiger charge is 2.02. The van der Waals surface area contributed by atoms with Gasteiger partial charge in [-0.2, -0.15) is 0 Å². The van der Waals surface area contributed by atoms with Crippen molar-refractivity contribution in [3.8, 4) is 10.6 Å². The van der Waals surface area contributed by atoms with Gasteiger partial charge in [-0.3, -0.25) is 0 Å². The molecule has 0 saturated carbocycles. The van der Waals surface area contributed by atoms with Gasteiger partial charge in [0.2, 0.25) is 0 Å². The molecule has 0 aliphatic heterocycles. The van der Waals surface area contributed by atoms with Gasteiger partial charge in [0, 0.05) is 29.4 Å². The molecule has 0 unspecified atom stereocenters. The van der Waals surface area contributed by atoms with Crippen LogP contribution in [-0.2, 0) is 6.54 Å². The van der Waals surface area contributed by atoms with E-state index in [4.69, 9.17) is 0 Å². The van der Waals surface area contributed by atoms with Gasteiger partial charge in [-0.1, -0.05) is 24.3 Å². The third-order valence-electron chi connectivity index (χ3n) is 2.93. The lowest BCUT2D eigenvalue weighted by atomic mass is 10.2. The fraction of sp³-hybridized carbons (Fsp3) is 0.0625. The highest BCUT2D eigenvalue weighted by Crippen LogP contribution is 2.24. The number of nitrogens with one attached hydrogen (secondary N) is 1. The molecule has 0 bridgehead atoms. The number of aromatic nitrogens is 1. The molecule has 3 aromatic rings. The average Bonchev–Trinajstić information content (AvgIpc) is 3.00. The zero-order valence-electron chi connectivity index (χ0n) is 10.7. The van der Waals surface area contributed by atoms with E-state index in [2.05, 4.69) is 16.4 Å². The molecule has 0 radical (unpaired) electrons. The summed E-state index contributed by atoms with van der Waals surface area (Å²) >= 11 is 1.61. The normalized spacial score (nSPS) is 10.4. The molecule has 0 saturated heterocycles. The van der Waals surface area contributed by atoms with Crippen LogP contribution in [0.15, 0.2) is 60.1 Å². The minimum absolute atomic E-state index is 0.208.